The first-order valence-corrected chi connectivity index (χ1v) is 10.1. The fraction of sp³-hybridized carbons (Fsp3) is 0.300. The third-order valence-corrected chi connectivity index (χ3v) is 6.30. The molecule has 0 heterocycles. The predicted molar refractivity (Wildman–Crippen MR) is 104 cm³/mol. The Hall–Kier alpha value is -2.67. The van der Waals surface area contributed by atoms with Gasteiger partial charge in [0.1, 0.15) is 0 Å². The maximum Gasteiger partial charge on any atom is 0.253 e. The molecule has 0 fully saturated rings. The Morgan fingerprint density at radius 2 is 1.44 bits per heavy atom. The van der Waals surface area contributed by atoms with Gasteiger partial charge in [0.2, 0.25) is 0 Å². The van der Waals surface area contributed by atoms with Crippen molar-refractivity contribution in [2.24, 2.45) is 0 Å². The molecule has 2 aromatic rings. The van der Waals surface area contributed by atoms with E-state index in [1.807, 2.05) is 0 Å². The average molecular weight is 388 g/mol. The average Bonchev–Trinajstić information content (AvgIpc) is 2.65. The number of carbonyl (C=O) groups is 2. The van der Waals surface area contributed by atoms with Crippen LogP contribution in [-0.2, 0) is 16.4 Å². The lowest BCUT2D eigenvalue weighted by molar-refractivity contribution is 0.0827. The third kappa shape index (κ3) is 4.95. The van der Waals surface area contributed by atoms with Crippen LogP contribution in [0.2, 0.25) is 0 Å². The van der Waals surface area contributed by atoms with Gasteiger partial charge in [-0.1, -0.05) is 12.1 Å². The first-order valence-electron chi connectivity index (χ1n) is 8.55. The van der Waals surface area contributed by atoms with E-state index < -0.39 is 15.1 Å². The summed E-state index contributed by atoms with van der Waals surface area (Å²) in [5.41, 5.74) is 1.83. The molecular formula is C20H24N2O4S. The number of rotatable bonds is 6. The zero-order valence-corrected chi connectivity index (χ0v) is 16.7. The summed E-state index contributed by atoms with van der Waals surface area (Å²) in [6, 6.07) is 12.9. The van der Waals surface area contributed by atoms with Crippen LogP contribution >= 0.6 is 0 Å². The van der Waals surface area contributed by atoms with Crippen molar-refractivity contribution in [1.82, 2.24) is 10.2 Å². The SMILES string of the molecule is CC(C)S(=O)(=O)c1ccc(C(=O)NCc2ccc(C(=O)N(C)C)cc2)cc1. The van der Waals surface area contributed by atoms with E-state index in [9.17, 15) is 18.0 Å². The molecule has 0 radical (unpaired) electrons. The molecule has 0 spiro atoms. The molecule has 144 valence electrons. The largest absolute Gasteiger partial charge is 0.348 e. The summed E-state index contributed by atoms with van der Waals surface area (Å²) in [5.74, 6) is -0.376. The number of amides is 2. The molecule has 0 aliphatic carbocycles. The Morgan fingerprint density at radius 3 is 1.93 bits per heavy atom. The Balaban J connectivity index is 2.01. The fourth-order valence-corrected chi connectivity index (χ4v) is 3.44. The van der Waals surface area contributed by atoms with Crippen LogP contribution in [0.15, 0.2) is 53.4 Å². The molecule has 0 saturated carbocycles. The van der Waals surface area contributed by atoms with Gasteiger partial charge >= 0.3 is 0 Å². The number of benzene rings is 2. The number of hydrogen-bond acceptors (Lipinski definition) is 4. The van der Waals surface area contributed by atoms with Gasteiger partial charge in [-0.05, 0) is 55.8 Å². The van der Waals surface area contributed by atoms with Crippen LogP contribution in [0, 0.1) is 0 Å². The van der Waals surface area contributed by atoms with Crippen LogP contribution in [0.3, 0.4) is 0 Å². The van der Waals surface area contributed by atoms with E-state index in [1.54, 1.807) is 52.2 Å². The Labute approximate surface area is 160 Å². The molecule has 2 amide bonds. The van der Waals surface area contributed by atoms with Crippen molar-refractivity contribution in [1.29, 1.82) is 0 Å². The summed E-state index contributed by atoms with van der Waals surface area (Å²) in [5, 5.41) is 2.27. The van der Waals surface area contributed by atoms with E-state index in [4.69, 9.17) is 0 Å². The lowest BCUT2D eigenvalue weighted by Gasteiger charge is -2.11. The molecule has 0 bridgehead atoms. The zero-order valence-electron chi connectivity index (χ0n) is 15.9. The van der Waals surface area contributed by atoms with Crippen LogP contribution in [-0.4, -0.2) is 44.5 Å². The summed E-state index contributed by atoms with van der Waals surface area (Å²) < 4.78 is 24.2. The summed E-state index contributed by atoms with van der Waals surface area (Å²) in [4.78, 5) is 25.8. The van der Waals surface area contributed by atoms with Crippen molar-refractivity contribution in [3.05, 3.63) is 65.2 Å². The second-order valence-electron chi connectivity index (χ2n) is 6.70. The zero-order chi connectivity index (χ0) is 20.2. The van der Waals surface area contributed by atoms with E-state index in [0.717, 1.165) is 5.56 Å². The predicted octanol–water partition coefficient (Wildman–Crippen LogP) is 2.50. The summed E-state index contributed by atoms with van der Waals surface area (Å²) in [6.07, 6.45) is 0. The molecule has 0 aromatic heterocycles. The molecule has 0 saturated heterocycles. The van der Waals surface area contributed by atoms with Gasteiger partial charge in [0.05, 0.1) is 10.1 Å². The van der Waals surface area contributed by atoms with E-state index in [1.165, 1.54) is 29.2 Å². The molecule has 2 rings (SSSR count). The minimum atomic E-state index is -3.35. The molecule has 2 aromatic carbocycles. The smallest absolute Gasteiger partial charge is 0.253 e. The van der Waals surface area contributed by atoms with Crippen LogP contribution in [0.25, 0.3) is 0 Å². The van der Waals surface area contributed by atoms with Crippen molar-refractivity contribution in [2.45, 2.75) is 30.5 Å². The van der Waals surface area contributed by atoms with Gasteiger partial charge in [-0.3, -0.25) is 9.59 Å². The molecule has 7 heteroatoms. The Bertz CT molecular complexity index is 915. The number of carbonyl (C=O) groups excluding carboxylic acids is 2. The van der Waals surface area contributed by atoms with E-state index in [2.05, 4.69) is 5.32 Å². The van der Waals surface area contributed by atoms with Crippen LogP contribution in [0.1, 0.15) is 40.1 Å². The molecule has 0 aliphatic rings. The first-order chi connectivity index (χ1) is 12.6. The Kier molecular flexibility index (Phi) is 6.38. The standard InChI is InChI=1S/C20H24N2O4S/c1-14(2)27(25,26)18-11-9-16(10-12-18)19(23)21-13-15-5-7-17(8-6-15)20(24)22(3)4/h5-12,14H,13H2,1-4H3,(H,21,23). The molecular weight excluding hydrogens is 364 g/mol. The first kappa shape index (κ1) is 20.6. The molecule has 1 N–H and O–H groups in total. The second kappa shape index (κ2) is 8.35. The normalized spacial score (nSPS) is 11.3. The highest BCUT2D eigenvalue weighted by atomic mass is 32.2. The minimum absolute atomic E-state index is 0.0815. The van der Waals surface area contributed by atoms with Gasteiger partial charge in [-0.25, -0.2) is 8.42 Å². The topological polar surface area (TPSA) is 83.5 Å². The molecule has 0 unspecified atom stereocenters. The highest BCUT2D eigenvalue weighted by Gasteiger charge is 2.19. The maximum absolute atomic E-state index is 12.3. The van der Waals surface area contributed by atoms with Crippen molar-refractivity contribution in [3.8, 4) is 0 Å². The number of sulfone groups is 1. The summed E-state index contributed by atoms with van der Waals surface area (Å²) in [7, 11) is 0.0226. The maximum atomic E-state index is 12.3. The quantitative estimate of drug-likeness (QED) is 0.824. The molecule has 6 nitrogen and oxygen atoms in total. The molecule has 27 heavy (non-hydrogen) atoms. The van der Waals surface area contributed by atoms with Gasteiger partial charge in [-0.2, -0.15) is 0 Å². The van der Waals surface area contributed by atoms with E-state index in [-0.39, 0.29) is 16.7 Å². The number of nitrogens with one attached hydrogen (secondary N) is 1. The van der Waals surface area contributed by atoms with E-state index in [0.29, 0.717) is 17.7 Å². The van der Waals surface area contributed by atoms with Crippen molar-refractivity contribution in [2.75, 3.05) is 14.1 Å². The monoisotopic (exact) mass is 388 g/mol. The lowest BCUT2D eigenvalue weighted by atomic mass is 10.1. The number of hydrogen-bond donors (Lipinski definition) is 1. The van der Waals surface area contributed by atoms with Crippen LogP contribution in [0.5, 0.6) is 0 Å². The van der Waals surface area contributed by atoms with Gasteiger partial charge in [0.25, 0.3) is 11.8 Å². The van der Waals surface area contributed by atoms with Crippen molar-refractivity contribution in [3.63, 3.8) is 0 Å². The highest BCUT2D eigenvalue weighted by molar-refractivity contribution is 7.92. The third-order valence-electron chi connectivity index (χ3n) is 4.13. The minimum Gasteiger partial charge on any atom is -0.348 e. The summed E-state index contributed by atoms with van der Waals surface area (Å²) >= 11 is 0. The van der Waals surface area contributed by atoms with Gasteiger partial charge in [0, 0.05) is 31.8 Å². The van der Waals surface area contributed by atoms with Crippen LogP contribution < -0.4 is 5.32 Å². The van der Waals surface area contributed by atoms with Gasteiger partial charge in [0.15, 0.2) is 9.84 Å². The van der Waals surface area contributed by atoms with Crippen molar-refractivity contribution < 1.29 is 18.0 Å². The molecule has 0 aliphatic heterocycles. The van der Waals surface area contributed by atoms with Gasteiger partial charge in [-0.15, -0.1) is 0 Å². The summed E-state index contributed by atoms with van der Waals surface area (Å²) in [6.45, 7) is 3.54. The second-order valence-corrected chi connectivity index (χ2v) is 9.20. The van der Waals surface area contributed by atoms with Crippen molar-refractivity contribution >= 4 is 21.7 Å². The van der Waals surface area contributed by atoms with Crippen LogP contribution in [0.4, 0.5) is 0 Å². The van der Waals surface area contributed by atoms with Gasteiger partial charge < -0.3 is 10.2 Å². The highest BCUT2D eigenvalue weighted by Crippen LogP contribution is 2.16. The lowest BCUT2D eigenvalue weighted by Crippen LogP contribution is -2.23. The molecule has 0 atom stereocenters. The number of nitrogens with zero attached hydrogens (tertiary/aromatic N) is 1. The fourth-order valence-electron chi connectivity index (χ4n) is 2.38. The van der Waals surface area contributed by atoms with E-state index >= 15 is 0 Å². The Morgan fingerprint density at radius 1 is 0.926 bits per heavy atom.